The van der Waals surface area contributed by atoms with E-state index in [0.29, 0.717) is 23.0 Å². The van der Waals surface area contributed by atoms with Gasteiger partial charge >= 0.3 is 0 Å². The molecule has 4 nitrogen and oxygen atoms in total. The molecular weight excluding hydrogens is 484 g/mol. The number of thioether (sulfide) groups is 1. The molecule has 1 fully saturated rings. The van der Waals surface area contributed by atoms with Crippen LogP contribution in [0.5, 0.6) is 0 Å². The van der Waals surface area contributed by atoms with E-state index in [0.717, 1.165) is 51.1 Å². The number of amides is 2. The number of hydrogen-bond donors (Lipinski definition) is 0. The van der Waals surface area contributed by atoms with Crippen molar-refractivity contribution in [3.8, 4) is 0 Å². The Morgan fingerprint density at radius 3 is 2.63 bits per heavy atom. The number of halogens is 2. The number of imide groups is 1. The Morgan fingerprint density at radius 2 is 1.90 bits per heavy atom. The normalized spacial score (nSPS) is 15.7. The molecule has 154 valence electrons. The average molecular weight is 504 g/mol. The highest BCUT2D eigenvalue weighted by molar-refractivity contribution is 9.10. The van der Waals surface area contributed by atoms with E-state index in [1.165, 1.54) is 4.90 Å². The van der Waals surface area contributed by atoms with Gasteiger partial charge in [0, 0.05) is 45.2 Å². The van der Waals surface area contributed by atoms with Crippen molar-refractivity contribution >= 4 is 67.4 Å². The second-order valence-electron chi connectivity index (χ2n) is 7.19. The minimum atomic E-state index is -0.202. The number of hydrogen-bond acceptors (Lipinski definition) is 3. The molecule has 0 unspecified atom stereocenters. The molecule has 1 aliphatic rings. The van der Waals surface area contributed by atoms with E-state index in [4.69, 9.17) is 11.6 Å². The van der Waals surface area contributed by atoms with E-state index in [-0.39, 0.29) is 11.1 Å². The van der Waals surface area contributed by atoms with Gasteiger partial charge in [-0.25, -0.2) is 0 Å². The molecule has 2 aromatic carbocycles. The van der Waals surface area contributed by atoms with E-state index in [2.05, 4.69) is 26.6 Å². The van der Waals surface area contributed by atoms with Crippen LogP contribution < -0.4 is 0 Å². The zero-order valence-corrected chi connectivity index (χ0v) is 19.6. The summed E-state index contributed by atoms with van der Waals surface area (Å²) in [6.07, 6.45) is 5.63. The standard InChI is InChI=1S/C23H20BrClN2O2S/c1-2-3-10-27-22(28)21(30-23(27)29)11-16-14-26(13-15-4-7-18(25)8-5-15)20-9-6-17(24)12-19(16)20/h4-9,11-12,14H,2-3,10,13H2,1H3/b21-11-. The smallest absolute Gasteiger partial charge is 0.293 e. The van der Waals surface area contributed by atoms with E-state index in [9.17, 15) is 9.59 Å². The quantitative estimate of drug-likeness (QED) is 0.342. The summed E-state index contributed by atoms with van der Waals surface area (Å²) in [6.45, 7) is 3.20. The molecule has 1 aromatic heterocycles. The molecule has 3 aromatic rings. The van der Waals surface area contributed by atoms with Crippen LogP contribution in [-0.4, -0.2) is 27.2 Å². The van der Waals surface area contributed by atoms with E-state index in [1.54, 1.807) is 0 Å². The summed E-state index contributed by atoms with van der Waals surface area (Å²) >= 11 is 10.6. The SMILES string of the molecule is CCCCN1C(=O)S/C(=C\c2cn(Cc3ccc(Cl)cc3)c3ccc(Br)cc23)C1=O. The van der Waals surface area contributed by atoms with E-state index < -0.39 is 0 Å². The van der Waals surface area contributed by atoms with Crippen LogP contribution in [0.25, 0.3) is 17.0 Å². The molecule has 2 amide bonds. The van der Waals surface area contributed by atoms with Crippen LogP contribution >= 0.6 is 39.3 Å². The third-order valence-electron chi connectivity index (χ3n) is 5.04. The van der Waals surface area contributed by atoms with Gasteiger partial charge in [-0.3, -0.25) is 14.5 Å². The molecule has 0 spiro atoms. The van der Waals surface area contributed by atoms with Crippen LogP contribution in [-0.2, 0) is 11.3 Å². The lowest BCUT2D eigenvalue weighted by atomic mass is 10.1. The van der Waals surface area contributed by atoms with Gasteiger partial charge in [0.25, 0.3) is 11.1 Å². The first kappa shape index (κ1) is 21.2. The highest BCUT2D eigenvalue weighted by atomic mass is 79.9. The zero-order chi connectivity index (χ0) is 21.3. The highest BCUT2D eigenvalue weighted by Gasteiger charge is 2.34. The van der Waals surface area contributed by atoms with Gasteiger partial charge in [-0.2, -0.15) is 0 Å². The topological polar surface area (TPSA) is 42.3 Å². The van der Waals surface area contributed by atoms with Crippen molar-refractivity contribution in [2.24, 2.45) is 0 Å². The third kappa shape index (κ3) is 4.36. The first-order valence-corrected chi connectivity index (χ1v) is 11.7. The Balaban J connectivity index is 1.71. The summed E-state index contributed by atoms with van der Waals surface area (Å²) in [5, 5.41) is 1.55. The number of benzene rings is 2. The van der Waals surface area contributed by atoms with Crippen molar-refractivity contribution < 1.29 is 9.59 Å². The van der Waals surface area contributed by atoms with Gasteiger partial charge in [-0.1, -0.05) is 53.0 Å². The number of carbonyl (C=O) groups is 2. The van der Waals surface area contributed by atoms with Crippen molar-refractivity contribution in [1.29, 1.82) is 0 Å². The predicted octanol–water partition coefficient (Wildman–Crippen LogP) is 6.94. The van der Waals surface area contributed by atoms with Crippen LogP contribution in [0.3, 0.4) is 0 Å². The summed E-state index contributed by atoms with van der Waals surface area (Å²) in [5.74, 6) is -0.202. The molecule has 30 heavy (non-hydrogen) atoms. The Labute approximate surface area is 193 Å². The molecule has 0 N–H and O–H groups in total. The summed E-state index contributed by atoms with van der Waals surface area (Å²) in [7, 11) is 0. The lowest BCUT2D eigenvalue weighted by Crippen LogP contribution is -2.29. The maximum Gasteiger partial charge on any atom is 0.293 e. The summed E-state index contributed by atoms with van der Waals surface area (Å²) in [5.41, 5.74) is 3.11. The fourth-order valence-corrected chi connectivity index (χ4v) is 4.82. The Hall–Kier alpha value is -2.02. The Morgan fingerprint density at radius 1 is 1.13 bits per heavy atom. The number of rotatable bonds is 6. The number of carbonyl (C=O) groups excluding carboxylic acids is 2. The molecule has 4 rings (SSSR count). The monoisotopic (exact) mass is 502 g/mol. The number of fused-ring (bicyclic) bond motifs is 1. The van der Waals surface area contributed by atoms with Crippen molar-refractivity contribution in [2.45, 2.75) is 26.3 Å². The molecule has 1 saturated heterocycles. The van der Waals surface area contributed by atoms with Crippen LogP contribution in [0.15, 0.2) is 58.0 Å². The molecule has 0 radical (unpaired) electrons. The van der Waals surface area contributed by atoms with E-state index >= 15 is 0 Å². The first-order chi connectivity index (χ1) is 14.5. The minimum absolute atomic E-state index is 0.189. The van der Waals surface area contributed by atoms with Crippen LogP contribution in [0, 0.1) is 0 Å². The summed E-state index contributed by atoms with van der Waals surface area (Å²) in [4.78, 5) is 26.9. The van der Waals surface area contributed by atoms with Gasteiger partial charge in [0.1, 0.15) is 0 Å². The predicted molar refractivity (Wildman–Crippen MR) is 128 cm³/mol. The fourth-order valence-electron chi connectivity index (χ4n) is 3.48. The molecule has 0 bridgehead atoms. The van der Waals surface area contributed by atoms with Gasteiger partial charge in [-0.15, -0.1) is 0 Å². The van der Waals surface area contributed by atoms with Crippen molar-refractivity contribution in [3.63, 3.8) is 0 Å². The minimum Gasteiger partial charge on any atom is -0.342 e. The van der Waals surface area contributed by atoms with Crippen molar-refractivity contribution in [1.82, 2.24) is 9.47 Å². The molecular formula is C23H20BrClN2O2S. The summed E-state index contributed by atoms with van der Waals surface area (Å²) in [6, 6.07) is 13.9. The highest BCUT2D eigenvalue weighted by Crippen LogP contribution is 2.35. The number of aromatic nitrogens is 1. The number of unbranched alkanes of at least 4 members (excludes halogenated alkanes) is 1. The van der Waals surface area contributed by atoms with Crippen molar-refractivity contribution in [2.75, 3.05) is 6.54 Å². The van der Waals surface area contributed by atoms with Gasteiger partial charge in [0.05, 0.1) is 4.91 Å². The molecule has 0 saturated carbocycles. The molecule has 0 aliphatic carbocycles. The maximum atomic E-state index is 12.7. The van der Waals surface area contributed by atoms with Crippen molar-refractivity contribution in [3.05, 3.63) is 74.2 Å². The van der Waals surface area contributed by atoms with Crippen LogP contribution in [0.2, 0.25) is 5.02 Å². The average Bonchev–Trinajstić information content (AvgIpc) is 3.18. The zero-order valence-electron chi connectivity index (χ0n) is 16.4. The Kier molecular flexibility index (Phi) is 6.37. The molecule has 0 atom stereocenters. The summed E-state index contributed by atoms with van der Waals surface area (Å²) < 4.78 is 3.11. The van der Waals surface area contributed by atoms with Gasteiger partial charge in [0.15, 0.2) is 0 Å². The van der Waals surface area contributed by atoms with Crippen LogP contribution in [0.4, 0.5) is 4.79 Å². The Bertz CT molecular complexity index is 1150. The van der Waals surface area contributed by atoms with Gasteiger partial charge in [-0.05, 0) is 60.2 Å². The fraction of sp³-hybridized carbons (Fsp3) is 0.217. The molecule has 1 aliphatic heterocycles. The second-order valence-corrected chi connectivity index (χ2v) is 9.53. The molecule has 2 heterocycles. The lowest BCUT2D eigenvalue weighted by Gasteiger charge is -2.10. The van der Waals surface area contributed by atoms with Gasteiger partial charge in [0.2, 0.25) is 0 Å². The molecule has 7 heteroatoms. The first-order valence-electron chi connectivity index (χ1n) is 9.74. The number of nitrogens with zero attached hydrogens (tertiary/aromatic N) is 2. The van der Waals surface area contributed by atoms with Gasteiger partial charge < -0.3 is 4.57 Å². The lowest BCUT2D eigenvalue weighted by molar-refractivity contribution is -0.122. The van der Waals surface area contributed by atoms with Crippen LogP contribution in [0.1, 0.15) is 30.9 Å². The maximum absolute atomic E-state index is 12.7. The second kappa shape index (κ2) is 9.00. The third-order valence-corrected chi connectivity index (χ3v) is 6.69. The van der Waals surface area contributed by atoms with E-state index in [1.807, 2.05) is 55.6 Å². The largest absolute Gasteiger partial charge is 0.342 e.